The molecule has 1 amide bonds. The lowest BCUT2D eigenvalue weighted by molar-refractivity contribution is -0.135. The number of amides is 1. The molecule has 1 atom stereocenters. The van der Waals surface area contributed by atoms with E-state index in [0.717, 1.165) is 38.9 Å². The highest BCUT2D eigenvalue weighted by Crippen LogP contribution is 2.41. The van der Waals surface area contributed by atoms with Gasteiger partial charge in [-0.1, -0.05) is 6.92 Å². The second-order valence-electron chi connectivity index (χ2n) is 6.25. The quantitative estimate of drug-likeness (QED) is 0.774. The number of anilines is 1. The van der Waals surface area contributed by atoms with Crippen molar-refractivity contribution < 1.29 is 14.3 Å². The van der Waals surface area contributed by atoms with E-state index in [9.17, 15) is 9.59 Å². The van der Waals surface area contributed by atoms with Crippen molar-refractivity contribution in [3.8, 4) is 0 Å². The summed E-state index contributed by atoms with van der Waals surface area (Å²) in [6.07, 6.45) is 5.76. The van der Waals surface area contributed by atoms with Gasteiger partial charge < -0.3 is 14.5 Å². The minimum absolute atomic E-state index is 0.191. The van der Waals surface area contributed by atoms with Crippen LogP contribution in [0.25, 0.3) is 0 Å². The van der Waals surface area contributed by atoms with E-state index in [1.165, 1.54) is 13.3 Å². The summed E-state index contributed by atoms with van der Waals surface area (Å²) in [7, 11) is 1.32. The fourth-order valence-electron chi connectivity index (χ4n) is 3.52. The molecule has 1 unspecified atom stereocenters. The Morgan fingerprint density at radius 3 is 2.74 bits per heavy atom. The third-order valence-corrected chi connectivity index (χ3v) is 4.81. The van der Waals surface area contributed by atoms with E-state index in [2.05, 4.69) is 26.5 Å². The molecule has 7 nitrogen and oxygen atoms in total. The van der Waals surface area contributed by atoms with Crippen LogP contribution in [0.3, 0.4) is 0 Å². The zero-order valence-electron chi connectivity index (χ0n) is 13.6. The van der Waals surface area contributed by atoms with Crippen LogP contribution < -0.4 is 4.90 Å². The average molecular weight is 318 g/mol. The Morgan fingerprint density at radius 1 is 1.30 bits per heavy atom. The minimum atomic E-state index is -0.497. The van der Waals surface area contributed by atoms with Gasteiger partial charge in [0.1, 0.15) is 5.82 Å². The van der Waals surface area contributed by atoms with Crippen molar-refractivity contribution >= 4 is 17.7 Å². The normalized spacial score (nSPS) is 23.8. The molecular weight excluding hydrogens is 296 g/mol. The van der Waals surface area contributed by atoms with Crippen LogP contribution in [-0.4, -0.2) is 60.0 Å². The molecule has 0 bridgehead atoms. The summed E-state index contributed by atoms with van der Waals surface area (Å²) in [6.45, 7) is 5.26. The fourth-order valence-corrected chi connectivity index (χ4v) is 3.52. The smallest absolute Gasteiger partial charge is 0.358 e. The van der Waals surface area contributed by atoms with Crippen LogP contribution in [0.1, 0.15) is 36.7 Å². The summed E-state index contributed by atoms with van der Waals surface area (Å²) < 4.78 is 4.62. The number of nitrogens with zero attached hydrogens (tertiary/aromatic N) is 4. The maximum atomic E-state index is 12.7. The maximum absolute atomic E-state index is 12.7. The lowest BCUT2D eigenvalue weighted by atomic mass is 9.85. The van der Waals surface area contributed by atoms with Gasteiger partial charge in [-0.2, -0.15) is 0 Å². The molecule has 124 valence electrons. The van der Waals surface area contributed by atoms with Crippen LogP contribution in [0.5, 0.6) is 0 Å². The van der Waals surface area contributed by atoms with Crippen LogP contribution in [-0.2, 0) is 9.53 Å². The van der Waals surface area contributed by atoms with Crippen molar-refractivity contribution in [3.05, 3.63) is 18.1 Å². The van der Waals surface area contributed by atoms with E-state index in [0.29, 0.717) is 12.4 Å². The molecule has 2 fully saturated rings. The second-order valence-corrected chi connectivity index (χ2v) is 6.25. The number of methoxy groups -OCH3 is 1. The molecular formula is C16H22N4O3. The number of likely N-dealkylation sites (tertiary alicyclic amines) is 1. The van der Waals surface area contributed by atoms with E-state index >= 15 is 0 Å². The minimum Gasteiger partial charge on any atom is -0.464 e. The monoisotopic (exact) mass is 318 g/mol. The molecule has 3 heterocycles. The first-order valence-electron chi connectivity index (χ1n) is 8.04. The number of ether oxygens (including phenoxy) is 1. The number of hydrogen-bond donors (Lipinski definition) is 0. The average Bonchev–Trinajstić information content (AvgIpc) is 3.15. The first-order valence-corrected chi connectivity index (χ1v) is 8.04. The lowest BCUT2D eigenvalue weighted by Crippen LogP contribution is -2.37. The summed E-state index contributed by atoms with van der Waals surface area (Å²) in [5.41, 5.74) is -0.0751. The third kappa shape index (κ3) is 2.75. The van der Waals surface area contributed by atoms with Crippen molar-refractivity contribution in [2.24, 2.45) is 5.41 Å². The summed E-state index contributed by atoms with van der Waals surface area (Å²) in [6, 6.07) is 0. The highest BCUT2D eigenvalue weighted by molar-refractivity contribution is 5.87. The Bertz CT molecular complexity index is 604. The molecule has 1 aromatic heterocycles. The van der Waals surface area contributed by atoms with Gasteiger partial charge in [0.25, 0.3) is 0 Å². The van der Waals surface area contributed by atoms with Crippen LogP contribution in [0.15, 0.2) is 12.4 Å². The van der Waals surface area contributed by atoms with Crippen LogP contribution in [0.4, 0.5) is 5.82 Å². The number of rotatable bonds is 4. The van der Waals surface area contributed by atoms with Crippen molar-refractivity contribution in [3.63, 3.8) is 0 Å². The third-order valence-electron chi connectivity index (χ3n) is 4.81. The summed E-state index contributed by atoms with van der Waals surface area (Å²) in [4.78, 5) is 36.6. The molecule has 1 aromatic rings. The Hall–Kier alpha value is -2.18. The zero-order chi connectivity index (χ0) is 16.4. The maximum Gasteiger partial charge on any atom is 0.358 e. The summed E-state index contributed by atoms with van der Waals surface area (Å²) in [5, 5.41) is 0. The second kappa shape index (κ2) is 6.14. The van der Waals surface area contributed by atoms with E-state index in [-0.39, 0.29) is 17.0 Å². The van der Waals surface area contributed by atoms with Crippen LogP contribution in [0.2, 0.25) is 0 Å². The highest BCUT2D eigenvalue weighted by Gasteiger charge is 2.50. The summed E-state index contributed by atoms with van der Waals surface area (Å²) in [5.74, 6) is 0.486. The predicted octanol–water partition coefficient (Wildman–Crippen LogP) is 1.10. The van der Waals surface area contributed by atoms with Crippen LogP contribution >= 0.6 is 0 Å². The van der Waals surface area contributed by atoms with Crippen LogP contribution in [0, 0.1) is 5.41 Å². The Balaban J connectivity index is 1.70. The van der Waals surface area contributed by atoms with Crippen molar-refractivity contribution in [1.82, 2.24) is 14.9 Å². The largest absolute Gasteiger partial charge is 0.464 e. The Morgan fingerprint density at radius 2 is 2.09 bits per heavy atom. The SMILES string of the molecule is CCCN1CCC2(CCN(c3cnc(C(=O)OC)cn3)C2)C1=O. The Kier molecular flexibility index (Phi) is 4.19. The molecule has 7 heteroatoms. The molecule has 23 heavy (non-hydrogen) atoms. The molecule has 2 aliphatic heterocycles. The molecule has 0 N–H and O–H groups in total. The Labute approximate surface area is 135 Å². The highest BCUT2D eigenvalue weighted by atomic mass is 16.5. The molecule has 2 saturated heterocycles. The molecule has 2 aliphatic rings. The number of esters is 1. The van der Waals surface area contributed by atoms with Gasteiger partial charge in [-0.05, 0) is 19.3 Å². The van der Waals surface area contributed by atoms with Gasteiger partial charge in [-0.3, -0.25) is 4.79 Å². The van der Waals surface area contributed by atoms with Gasteiger partial charge in [0.05, 0.1) is 24.9 Å². The predicted molar refractivity (Wildman–Crippen MR) is 84.1 cm³/mol. The molecule has 0 radical (unpaired) electrons. The van der Waals surface area contributed by atoms with Gasteiger partial charge in [0.15, 0.2) is 5.69 Å². The lowest BCUT2D eigenvalue weighted by Gasteiger charge is -2.23. The van der Waals surface area contributed by atoms with Gasteiger partial charge in [0.2, 0.25) is 5.91 Å². The number of carbonyl (C=O) groups is 2. The van der Waals surface area contributed by atoms with Gasteiger partial charge in [-0.15, -0.1) is 0 Å². The van der Waals surface area contributed by atoms with Gasteiger partial charge >= 0.3 is 5.97 Å². The van der Waals surface area contributed by atoms with E-state index < -0.39 is 5.97 Å². The van der Waals surface area contributed by atoms with E-state index in [4.69, 9.17) is 0 Å². The molecule has 3 rings (SSSR count). The standard InChI is InChI=1S/C16H22N4O3/c1-3-6-19-7-4-16(15(19)22)5-8-20(11-16)13-10-17-12(9-18-13)14(21)23-2/h9-10H,3-8,11H2,1-2H3. The molecule has 0 aromatic carbocycles. The number of carbonyl (C=O) groups excluding carboxylic acids is 2. The molecule has 0 saturated carbocycles. The van der Waals surface area contributed by atoms with Gasteiger partial charge in [0, 0.05) is 26.2 Å². The first-order chi connectivity index (χ1) is 11.1. The zero-order valence-corrected chi connectivity index (χ0v) is 13.6. The molecule has 0 aliphatic carbocycles. The number of aromatic nitrogens is 2. The van der Waals surface area contributed by atoms with E-state index in [1.54, 1.807) is 6.20 Å². The topological polar surface area (TPSA) is 75.6 Å². The van der Waals surface area contributed by atoms with Crippen molar-refractivity contribution in [2.45, 2.75) is 26.2 Å². The summed E-state index contributed by atoms with van der Waals surface area (Å²) >= 11 is 0. The molecule has 1 spiro atoms. The van der Waals surface area contributed by atoms with Gasteiger partial charge in [-0.25, -0.2) is 14.8 Å². The van der Waals surface area contributed by atoms with Crippen molar-refractivity contribution in [1.29, 1.82) is 0 Å². The fraction of sp³-hybridized carbons (Fsp3) is 0.625. The first kappa shape index (κ1) is 15.7. The number of hydrogen-bond acceptors (Lipinski definition) is 6. The van der Waals surface area contributed by atoms with E-state index in [1.807, 2.05) is 4.90 Å². The van der Waals surface area contributed by atoms with Crippen molar-refractivity contribution in [2.75, 3.05) is 38.2 Å².